The van der Waals surface area contributed by atoms with Gasteiger partial charge in [0.2, 0.25) is 5.82 Å². The van der Waals surface area contributed by atoms with Gasteiger partial charge in [-0.3, -0.25) is 0 Å². The smallest absolute Gasteiger partial charge is 0.269 e. The Morgan fingerprint density at radius 1 is 0.733 bits per heavy atom. The summed E-state index contributed by atoms with van der Waals surface area (Å²) >= 11 is 0. The van der Waals surface area contributed by atoms with Gasteiger partial charge < -0.3 is 14.9 Å². The van der Waals surface area contributed by atoms with Crippen LogP contribution in [-0.4, -0.2) is 25.2 Å². The molecule has 0 aliphatic rings. The van der Waals surface area contributed by atoms with Crippen LogP contribution >= 0.6 is 0 Å². The summed E-state index contributed by atoms with van der Waals surface area (Å²) in [5.41, 5.74) is 1.58. The van der Waals surface area contributed by atoms with E-state index < -0.39 is 5.79 Å². The lowest BCUT2D eigenvalue weighted by Gasteiger charge is -2.27. The summed E-state index contributed by atoms with van der Waals surface area (Å²) < 4.78 is 5.80. The van der Waals surface area contributed by atoms with Crippen LogP contribution in [0.1, 0.15) is 19.2 Å². The van der Waals surface area contributed by atoms with E-state index in [2.05, 4.69) is 15.0 Å². The molecule has 1 aromatic heterocycles. The second kappa shape index (κ2) is 8.31. The van der Waals surface area contributed by atoms with E-state index in [0.29, 0.717) is 11.6 Å². The molecule has 1 atom stereocenters. The standard InChI is InChI=1S/C24H21N3O3/c1-2-24(29,30-20-16-10-9-15-19(20)28)23-26-21(17-11-5-3-6-12-17)25-22(27-23)18-13-7-4-8-14-18/h3-16,28-29H,2H2,1H3. The van der Waals surface area contributed by atoms with Crippen LogP contribution in [-0.2, 0) is 5.79 Å². The minimum absolute atomic E-state index is 0.0703. The van der Waals surface area contributed by atoms with E-state index in [1.54, 1.807) is 25.1 Å². The third-order valence-corrected chi connectivity index (χ3v) is 4.67. The van der Waals surface area contributed by atoms with Gasteiger partial charge in [-0.1, -0.05) is 79.7 Å². The Bertz CT molecular complexity index is 1080. The normalized spacial score (nSPS) is 12.9. The number of ether oxygens (including phenoxy) is 1. The van der Waals surface area contributed by atoms with Crippen LogP contribution in [0, 0.1) is 0 Å². The van der Waals surface area contributed by atoms with Crippen LogP contribution < -0.4 is 4.74 Å². The number of aromatic hydroxyl groups is 1. The van der Waals surface area contributed by atoms with Crippen molar-refractivity contribution in [3.05, 3.63) is 90.8 Å². The third kappa shape index (κ3) is 3.99. The number of hydrogen-bond donors (Lipinski definition) is 2. The molecule has 0 radical (unpaired) electrons. The van der Waals surface area contributed by atoms with Gasteiger partial charge in [-0.05, 0) is 12.1 Å². The number of para-hydroxylation sites is 2. The molecule has 6 heteroatoms. The average molecular weight is 399 g/mol. The van der Waals surface area contributed by atoms with Crippen LogP contribution in [0.3, 0.4) is 0 Å². The van der Waals surface area contributed by atoms with Crippen LogP contribution in [0.15, 0.2) is 84.9 Å². The molecule has 1 heterocycles. The fourth-order valence-electron chi connectivity index (χ4n) is 2.98. The average Bonchev–Trinajstić information content (AvgIpc) is 2.81. The molecule has 0 aliphatic heterocycles. The van der Waals surface area contributed by atoms with Crippen molar-refractivity contribution in [2.75, 3.05) is 0 Å². The predicted octanol–water partition coefficient (Wildman–Crippen LogP) is 4.55. The van der Waals surface area contributed by atoms with Gasteiger partial charge in [-0.2, -0.15) is 0 Å². The molecule has 4 aromatic rings. The molecule has 0 amide bonds. The van der Waals surface area contributed by atoms with Crippen molar-refractivity contribution < 1.29 is 14.9 Å². The van der Waals surface area contributed by atoms with Gasteiger partial charge in [0.05, 0.1) is 0 Å². The summed E-state index contributed by atoms with van der Waals surface area (Å²) in [4.78, 5) is 13.6. The van der Waals surface area contributed by atoms with Gasteiger partial charge >= 0.3 is 0 Å². The van der Waals surface area contributed by atoms with E-state index in [4.69, 9.17) is 4.74 Å². The molecular weight excluding hydrogens is 378 g/mol. The molecule has 2 N–H and O–H groups in total. The first kappa shape index (κ1) is 19.5. The van der Waals surface area contributed by atoms with Gasteiger partial charge in [-0.25, -0.2) is 15.0 Å². The van der Waals surface area contributed by atoms with E-state index in [-0.39, 0.29) is 23.7 Å². The number of hydrogen-bond acceptors (Lipinski definition) is 6. The topological polar surface area (TPSA) is 88.4 Å². The molecule has 4 rings (SSSR count). The fraction of sp³-hybridized carbons (Fsp3) is 0.125. The quantitative estimate of drug-likeness (QED) is 0.463. The van der Waals surface area contributed by atoms with Crippen LogP contribution in [0.5, 0.6) is 11.5 Å². The lowest BCUT2D eigenvalue weighted by Crippen LogP contribution is -2.35. The zero-order valence-corrected chi connectivity index (χ0v) is 16.4. The van der Waals surface area contributed by atoms with Crippen LogP contribution in [0.4, 0.5) is 0 Å². The SMILES string of the molecule is CCC(O)(Oc1ccccc1O)c1nc(-c2ccccc2)nc(-c2ccccc2)n1. The summed E-state index contributed by atoms with van der Waals surface area (Å²) in [7, 11) is 0. The summed E-state index contributed by atoms with van der Waals surface area (Å²) in [6.45, 7) is 1.76. The molecular formula is C24H21N3O3. The minimum Gasteiger partial charge on any atom is -0.504 e. The lowest BCUT2D eigenvalue weighted by molar-refractivity contribution is -0.155. The number of benzene rings is 3. The van der Waals surface area contributed by atoms with E-state index >= 15 is 0 Å². The highest BCUT2D eigenvalue weighted by Gasteiger charge is 2.35. The molecule has 6 nitrogen and oxygen atoms in total. The van der Waals surface area contributed by atoms with Crippen molar-refractivity contribution in [2.45, 2.75) is 19.1 Å². The van der Waals surface area contributed by atoms with Crippen LogP contribution in [0.25, 0.3) is 22.8 Å². The van der Waals surface area contributed by atoms with Crippen molar-refractivity contribution in [2.24, 2.45) is 0 Å². The monoisotopic (exact) mass is 399 g/mol. The first-order valence-electron chi connectivity index (χ1n) is 9.66. The summed E-state index contributed by atoms with van der Waals surface area (Å²) in [6, 6.07) is 25.4. The number of aliphatic hydroxyl groups is 1. The zero-order valence-electron chi connectivity index (χ0n) is 16.4. The molecule has 0 aliphatic carbocycles. The van der Waals surface area contributed by atoms with E-state index in [1.165, 1.54) is 6.07 Å². The second-order valence-electron chi connectivity index (χ2n) is 6.75. The highest BCUT2D eigenvalue weighted by molar-refractivity contribution is 5.61. The molecule has 1 unspecified atom stereocenters. The molecule has 30 heavy (non-hydrogen) atoms. The molecule has 0 spiro atoms. The molecule has 0 bridgehead atoms. The Morgan fingerprint density at radius 2 is 1.23 bits per heavy atom. The third-order valence-electron chi connectivity index (χ3n) is 4.67. The highest BCUT2D eigenvalue weighted by atomic mass is 16.6. The largest absolute Gasteiger partial charge is 0.504 e. The maximum absolute atomic E-state index is 11.3. The van der Waals surface area contributed by atoms with Crippen molar-refractivity contribution in [3.63, 3.8) is 0 Å². The molecule has 3 aromatic carbocycles. The molecule has 150 valence electrons. The van der Waals surface area contributed by atoms with Crippen molar-refractivity contribution in [3.8, 4) is 34.3 Å². The number of rotatable bonds is 6. The first-order chi connectivity index (χ1) is 14.6. The number of phenolic OH excluding ortho intramolecular Hbond substituents is 1. The predicted molar refractivity (Wildman–Crippen MR) is 114 cm³/mol. The van der Waals surface area contributed by atoms with Crippen molar-refractivity contribution in [1.82, 2.24) is 15.0 Å². The summed E-state index contributed by atoms with van der Waals surface area (Å²) in [6.07, 6.45) is 0.161. The maximum Gasteiger partial charge on any atom is 0.269 e. The Balaban J connectivity index is 1.86. The van der Waals surface area contributed by atoms with Crippen molar-refractivity contribution in [1.29, 1.82) is 0 Å². The lowest BCUT2D eigenvalue weighted by atomic mass is 10.1. The Hall–Kier alpha value is -3.77. The van der Waals surface area contributed by atoms with Gasteiger partial charge in [-0.15, -0.1) is 0 Å². The number of aromatic nitrogens is 3. The van der Waals surface area contributed by atoms with Gasteiger partial charge in [0.25, 0.3) is 5.79 Å². The van der Waals surface area contributed by atoms with E-state index in [9.17, 15) is 10.2 Å². The summed E-state index contributed by atoms with van der Waals surface area (Å²) in [5.74, 6) is -0.871. The van der Waals surface area contributed by atoms with E-state index in [0.717, 1.165) is 11.1 Å². The van der Waals surface area contributed by atoms with Gasteiger partial charge in [0, 0.05) is 17.5 Å². The summed E-state index contributed by atoms with van der Waals surface area (Å²) in [5, 5.41) is 21.4. The number of nitrogens with zero attached hydrogens (tertiary/aromatic N) is 3. The molecule has 0 fully saturated rings. The molecule has 0 saturated heterocycles. The van der Waals surface area contributed by atoms with Crippen molar-refractivity contribution >= 4 is 0 Å². The molecule has 0 saturated carbocycles. The Labute approximate surface area is 174 Å². The number of phenols is 1. The minimum atomic E-state index is -1.85. The highest BCUT2D eigenvalue weighted by Crippen LogP contribution is 2.34. The first-order valence-corrected chi connectivity index (χ1v) is 9.66. The van der Waals surface area contributed by atoms with Crippen LogP contribution in [0.2, 0.25) is 0 Å². The Morgan fingerprint density at radius 3 is 1.73 bits per heavy atom. The maximum atomic E-state index is 11.3. The van der Waals surface area contributed by atoms with E-state index in [1.807, 2.05) is 60.7 Å². The van der Waals surface area contributed by atoms with Gasteiger partial charge in [0.15, 0.2) is 23.1 Å². The Kier molecular flexibility index (Phi) is 5.41. The zero-order chi connectivity index (χ0) is 21.0. The van der Waals surface area contributed by atoms with Gasteiger partial charge in [0.1, 0.15) is 0 Å². The fourth-order valence-corrected chi connectivity index (χ4v) is 2.98. The second-order valence-corrected chi connectivity index (χ2v) is 6.75.